The molecular weight excluding hydrogens is 368 g/mol. The zero-order valence-corrected chi connectivity index (χ0v) is 16.7. The third kappa shape index (κ3) is 2.91. The summed E-state index contributed by atoms with van der Waals surface area (Å²) in [6.45, 7) is 0. The van der Waals surface area contributed by atoms with Gasteiger partial charge >= 0.3 is 5.97 Å². The molecule has 2 saturated heterocycles. The van der Waals surface area contributed by atoms with Crippen molar-refractivity contribution in [3.63, 3.8) is 0 Å². The monoisotopic (exact) mass is 392 g/mol. The highest BCUT2D eigenvalue weighted by atomic mass is 32.2. The Kier molecular flexibility index (Phi) is 5.48. The van der Waals surface area contributed by atoms with Crippen LogP contribution in [0.1, 0.15) is 18.0 Å². The molecule has 0 aliphatic carbocycles. The maximum absolute atomic E-state index is 12.9. The molecule has 3 rings (SSSR count). The van der Waals surface area contributed by atoms with E-state index >= 15 is 0 Å². The van der Waals surface area contributed by atoms with Gasteiger partial charge in [-0.15, -0.1) is 0 Å². The summed E-state index contributed by atoms with van der Waals surface area (Å²) in [5.41, 5.74) is -0.493. The molecule has 0 spiro atoms. The number of nitrogens with one attached hydrogen (secondary N) is 1. The summed E-state index contributed by atoms with van der Waals surface area (Å²) >= 11 is 1.57. The maximum atomic E-state index is 12.9. The van der Waals surface area contributed by atoms with E-state index in [1.807, 2.05) is 24.5 Å². The van der Waals surface area contributed by atoms with Gasteiger partial charge in [0.15, 0.2) is 0 Å². The van der Waals surface area contributed by atoms with E-state index in [1.54, 1.807) is 24.9 Å². The first-order valence-electron chi connectivity index (χ1n) is 8.72. The fraction of sp³-hybridized carbons (Fsp3) is 0.526. The van der Waals surface area contributed by atoms with Crippen molar-refractivity contribution in [2.75, 3.05) is 33.3 Å². The van der Waals surface area contributed by atoms with E-state index in [9.17, 15) is 14.4 Å². The van der Waals surface area contributed by atoms with E-state index in [0.717, 1.165) is 10.5 Å². The number of fused-ring (bicyclic) bond motifs is 1. The molecule has 2 heterocycles. The largest absolute Gasteiger partial charge is 0.496 e. The highest BCUT2D eigenvalue weighted by Crippen LogP contribution is 2.51. The highest BCUT2D eigenvalue weighted by Gasteiger charge is 2.68. The molecule has 7 nitrogen and oxygen atoms in total. The van der Waals surface area contributed by atoms with Crippen LogP contribution in [0.3, 0.4) is 0 Å². The predicted octanol–water partition coefficient (Wildman–Crippen LogP) is 1.24. The Bertz CT molecular complexity index is 770. The van der Waals surface area contributed by atoms with Crippen molar-refractivity contribution in [2.45, 2.75) is 18.0 Å². The third-order valence-electron chi connectivity index (χ3n) is 5.60. The van der Waals surface area contributed by atoms with Crippen LogP contribution >= 0.6 is 11.8 Å². The number of thioether (sulfide) groups is 1. The molecule has 146 valence electrons. The van der Waals surface area contributed by atoms with E-state index in [-0.39, 0.29) is 11.8 Å². The summed E-state index contributed by atoms with van der Waals surface area (Å²) in [4.78, 5) is 39.9. The van der Waals surface area contributed by atoms with Crippen LogP contribution in [0.4, 0.5) is 0 Å². The van der Waals surface area contributed by atoms with Gasteiger partial charge in [-0.1, -0.05) is 18.2 Å². The fourth-order valence-corrected chi connectivity index (χ4v) is 4.83. The zero-order chi connectivity index (χ0) is 19.8. The van der Waals surface area contributed by atoms with Crippen LogP contribution in [-0.2, 0) is 19.1 Å². The van der Waals surface area contributed by atoms with Gasteiger partial charge in [0.05, 0.1) is 26.1 Å². The Morgan fingerprint density at radius 3 is 2.59 bits per heavy atom. The van der Waals surface area contributed by atoms with Crippen LogP contribution in [0.2, 0.25) is 0 Å². The molecule has 2 fully saturated rings. The number of esters is 1. The molecule has 2 aliphatic rings. The lowest BCUT2D eigenvalue weighted by atomic mass is 9.77. The number of imide groups is 1. The minimum atomic E-state index is -1.24. The molecule has 2 aliphatic heterocycles. The van der Waals surface area contributed by atoms with E-state index < -0.39 is 29.4 Å². The molecule has 27 heavy (non-hydrogen) atoms. The summed E-state index contributed by atoms with van der Waals surface area (Å²) in [5, 5.41) is 3.33. The second-order valence-electron chi connectivity index (χ2n) is 6.81. The molecule has 0 radical (unpaired) electrons. The van der Waals surface area contributed by atoms with E-state index in [4.69, 9.17) is 9.47 Å². The fourth-order valence-electron chi connectivity index (χ4n) is 4.30. The lowest BCUT2D eigenvalue weighted by Gasteiger charge is -2.32. The van der Waals surface area contributed by atoms with Crippen LogP contribution in [0.25, 0.3) is 0 Å². The van der Waals surface area contributed by atoms with Crippen molar-refractivity contribution in [1.29, 1.82) is 0 Å². The van der Waals surface area contributed by atoms with Crippen LogP contribution in [0.15, 0.2) is 24.3 Å². The average Bonchev–Trinajstić information content (AvgIpc) is 3.15. The number of para-hydroxylation sites is 1. The minimum Gasteiger partial charge on any atom is -0.496 e. The van der Waals surface area contributed by atoms with Gasteiger partial charge in [0.1, 0.15) is 11.3 Å². The predicted molar refractivity (Wildman–Crippen MR) is 101 cm³/mol. The number of benzene rings is 1. The van der Waals surface area contributed by atoms with Gasteiger partial charge < -0.3 is 9.47 Å². The maximum Gasteiger partial charge on any atom is 0.326 e. The van der Waals surface area contributed by atoms with Gasteiger partial charge in [0.25, 0.3) is 0 Å². The Labute approximate surface area is 162 Å². The number of carbonyl (C=O) groups excluding carboxylic acids is 3. The van der Waals surface area contributed by atoms with Gasteiger partial charge in [-0.05, 0) is 24.5 Å². The van der Waals surface area contributed by atoms with Crippen LogP contribution in [-0.4, -0.2) is 61.5 Å². The summed E-state index contributed by atoms with van der Waals surface area (Å²) in [5.74, 6) is -1.38. The summed E-state index contributed by atoms with van der Waals surface area (Å²) in [6, 6.07) is 6.82. The van der Waals surface area contributed by atoms with Gasteiger partial charge in [-0.3, -0.25) is 24.6 Å². The van der Waals surface area contributed by atoms with Crippen molar-refractivity contribution < 1.29 is 23.9 Å². The number of hydrogen-bond donors (Lipinski definition) is 1. The van der Waals surface area contributed by atoms with Crippen LogP contribution in [0.5, 0.6) is 5.75 Å². The Morgan fingerprint density at radius 1 is 1.26 bits per heavy atom. The number of likely N-dealkylation sites (tertiary alicyclic amines) is 1. The van der Waals surface area contributed by atoms with Crippen molar-refractivity contribution in [3.8, 4) is 5.75 Å². The molecule has 2 amide bonds. The second-order valence-corrected chi connectivity index (χ2v) is 7.79. The Hall–Kier alpha value is -2.06. The van der Waals surface area contributed by atoms with Crippen molar-refractivity contribution in [2.24, 2.45) is 11.8 Å². The van der Waals surface area contributed by atoms with E-state index in [1.165, 1.54) is 14.2 Å². The SMILES string of the molecule is COC(=O)[C@]1(CCSC)N[C@H](c2ccccc2OC)[C@H]2C(=O)N(C)C(=O)[C@H]21. The van der Waals surface area contributed by atoms with Crippen molar-refractivity contribution >= 4 is 29.5 Å². The summed E-state index contributed by atoms with van der Waals surface area (Å²) in [7, 11) is 4.33. The van der Waals surface area contributed by atoms with Crippen molar-refractivity contribution in [3.05, 3.63) is 29.8 Å². The molecular formula is C19H24N2O5S. The minimum absolute atomic E-state index is 0.289. The van der Waals surface area contributed by atoms with Crippen LogP contribution in [0, 0.1) is 11.8 Å². The number of carbonyl (C=O) groups is 3. The lowest BCUT2D eigenvalue weighted by Crippen LogP contribution is -2.56. The van der Waals surface area contributed by atoms with Crippen LogP contribution < -0.4 is 10.1 Å². The third-order valence-corrected chi connectivity index (χ3v) is 6.21. The molecule has 0 unspecified atom stereocenters. The average molecular weight is 392 g/mol. The number of ether oxygens (including phenoxy) is 2. The molecule has 1 aromatic carbocycles. The highest BCUT2D eigenvalue weighted by molar-refractivity contribution is 7.98. The first-order valence-corrected chi connectivity index (χ1v) is 10.1. The second kappa shape index (κ2) is 7.52. The Balaban J connectivity index is 2.16. The lowest BCUT2D eigenvalue weighted by molar-refractivity contribution is -0.154. The molecule has 0 aromatic heterocycles. The smallest absolute Gasteiger partial charge is 0.326 e. The first-order chi connectivity index (χ1) is 12.9. The number of hydrogen-bond acceptors (Lipinski definition) is 7. The molecule has 8 heteroatoms. The van der Waals surface area contributed by atoms with Crippen molar-refractivity contribution in [1.82, 2.24) is 10.2 Å². The topological polar surface area (TPSA) is 84.9 Å². The van der Waals surface area contributed by atoms with Gasteiger partial charge in [-0.25, -0.2) is 0 Å². The first kappa shape index (κ1) is 19.7. The molecule has 0 bridgehead atoms. The van der Waals surface area contributed by atoms with E-state index in [0.29, 0.717) is 17.9 Å². The molecule has 0 saturated carbocycles. The molecule has 1 N–H and O–H groups in total. The van der Waals surface area contributed by atoms with Gasteiger partial charge in [0, 0.05) is 18.7 Å². The quantitative estimate of drug-likeness (QED) is 0.576. The summed E-state index contributed by atoms with van der Waals surface area (Å²) in [6.07, 6.45) is 2.32. The number of methoxy groups -OCH3 is 2. The normalized spacial score (nSPS) is 29.8. The molecule has 4 atom stereocenters. The summed E-state index contributed by atoms with van der Waals surface area (Å²) < 4.78 is 10.5. The number of nitrogens with zero attached hydrogens (tertiary/aromatic N) is 1. The molecule has 1 aromatic rings. The number of amides is 2. The Morgan fingerprint density at radius 2 is 1.96 bits per heavy atom. The van der Waals surface area contributed by atoms with Gasteiger partial charge in [-0.2, -0.15) is 11.8 Å². The number of rotatable bonds is 6. The van der Waals surface area contributed by atoms with E-state index in [2.05, 4.69) is 5.32 Å². The zero-order valence-electron chi connectivity index (χ0n) is 15.9. The van der Waals surface area contributed by atoms with Gasteiger partial charge in [0.2, 0.25) is 11.8 Å². The standard InChI is InChI=1S/C19H24N2O5S/c1-21-16(22)13-14(17(21)23)19(9-10-27-4,18(24)26-3)20-15(13)11-7-5-6-8-12(11)25-2/h5-8,13-15,20H,9-10H2,1-4H3/t13-,14-,15+,19+/m0/s1.